The van der Waals surface area contributed by atoms with Crippen LogP contribution in [-0.4, -0.2) is 47.1 Å². The minimum Gasteiger partial charge on any atom is -0.481 e. The van der Waals surface area contributed by atoms with Gasteiger partial charge in [-0.2, -0.15) is 0 Å². The summed E-state index contributed by atoms with van der Waals surface area (Å²) in [5, 5.41) is 8.42. The second-order valence-electron chi connectivity index (χ2n) is 4.23. The minimum absolute atomic E-state index is 0. The molecule has 10 nitrogen and oxygen atoms in total. The summed E-state index contributed by atoms with van der Waals surface area (Å²) in [6.45, 7) is 0.495. The maximum Gasteiger partial charge on any atom is 0.372 e. The number of aliphatic carboxylic acids is 1. The van der Waals surface area contributed by atoms with Crippen LogP contribution < -0.4 is 17.2 Å². The van der Waals surface area contributed by atoms with E-state index in [1.807, 2.05) is 0 Å². The highest BCUT2D eigenvalue weighted by molar-refractivity contribution is 5.79. The normalized spacial score (nSPS) is 12.7. The van der Waals surface area contributed by atoms with E-state index in [2.05, 4.69) is 9.78 Å². The van der Waals surface area contributed by atoms with Crippen molar-refractivity contribution in [1.29, 1.82) is 0 Å². The number of carbonyl (C=O) groups excluding carboxylic acids is 2. The SMILES string of the molecule is NCCCCC(N)C(=O)OOC(=O)[C@H](N)CCC(=O)O.O. The highest BCUT2D eigenvalue weighted by Crippen LogP contribution is 2.02. The first-order valence-electron chi connectivity index (χ1n) is 6.23. The minimum atomic E-state index is -1.17. The molecule has 124 valence electrons. The number of hydrogen-bond acceptors (Lipinski definition) is 8. The molecular weight excluding hydrogens is 286 g/mol. The first-order chi connectivity index (χ1) is 9.38. The molecule has 0 saturated heterocycles. The second kappa shape index (κ2) is 12.0. The second-order valence-corrected chi connectivity index (χ2v) is 4.23. The van der Waals surface area contributed by atoms with Crippen molar-refractivity contribution in [1.82, 2.24) is 0 Å². The summed E-state index contributed by atoms with van der Waals surface area (Å²) in [5.74, 6) is -3.00. The summed E-state index contributed by atoms with van der Waals surface area (Å²) in [6.07, 6.45) is 1.33. The van der Waals surface area contributed by atoms with Gasteiger partial charge in [0.1, 0.15) is 12.1 Å². The quantitative estimate of drug-likeness (QED) is 0.207. The van der Waals surface area contributed by atoms with Gasteiger partial charge in [0.05, 0.1) is 0 Å². The van der Waals surface area contributed by atoms with Crippen molar-refractivity contribution in [2.45, 2.75) is 44.2 Å². The van der Waals surface area contributed by atoms with Gasteiger partial charge >= 0.3 is 17.9 Å². The van der Waals surface area contributed by atoms with Crippen LogP contribution in [0.3, 0.4) is 0 Å². The third kappa shape index (κ3) is 10.7. The Morgan fingerprint density at radius 1 is 0.952 bits per heavy atom. The fraction of sp³-hybridized carbons (Fsp3) is 0.727. The Morgan fingerprint density at radius 3 is 1.86 bits per heavy atom. The molecule has 0 aromatic heterocycles. The molecule has 10 heteroatoms. The Balaban J connectivity index is 0. The lowest BCUT2D eigenvalue weighted by atomic mass is 10.1. The van der Waals surface area contributed by atoms with Crippen LogP contribution in [0.5, 0.6) is 0 Å². The molecule has 0 amide bonds. The zero-order valence-corrected chi connectivity index (χ0v) is 11.6. The van der Waals surface area contributed by atoms with E-state index in [4.69, 9.17) is 22.3 Å². The molecule has 0 saturated carbocycles. The molecule has 21 heavy (non-hydrogen) atoms. The Kier molecular flexibility index (Phi) is 12.3. The largest absolute Gasteiger partial charge is 0.481 e. The van der Waals surface area contributed by atoms with Gasteiger partial charge in [-0.25, -0.2) is 19.4 Å². The summed E-state index contributed by atoms with van der Waals surface area (Å²) < 4.78 is 0. The van der Waals surface area contributed by atoms with E-state index in [0.717, 1.165) is 6.42 Å². The highest BCUT2D eigenvalue weighted by Gasteiger charge is 2.22. The third-order valence-corrected chi connectivity index (χ3v) is 2.45. The monoisotopic (exact) mass is 309 g/mol. The summed E-state index contributed by atoms with van der Waals surface area (Å²) >= 11 is 0. The molecule has 0 aliphatic heterocycles. The fourth-order valence-electron chi connectivity index (χ4n) is 1.23. The number of unbranched alkanes of at least 4 members (excludes halogenated alkanes) is 1. The van der Waals surface area contributed by atoms with Gasteiger partial charge in [0.15, 0.2) is 0 Å². The third-order valence-electron chi connectivity index (χ3n) is 2.45. The standard InChI is InChI=1S/C11H21N3O6.H2O/c12-6-2-1-3-7(13)10(17)19-20-11(18)8(14)4-5-9(15)16;/h7-8H,1-6,12-14H2,(H,15,16);1H2/t7?,8-;/m1./s1. The molecule has 0 rings (SSSR count). The van der Waals surface area contributed by atoms with Gasteiger partial charge in [0, 0.05) is 6.42 Å². The molecule has 1 unspecified atom stereocenters. The Hall–Kier alpha value is -1.75. The number of carboxylic acid groups (broad SMARTS) is 1. The molecule has 0 aromatic rings. The van der Waals surface area contributed by atoms with E-state index >= 15 is 0 Å². The first-order valence-corrected chi connectivity index (χ1v) is 6.23. The Labute approximate surface area is 121 Å². The van der Waals surface area contributed by atoms with Crippen molar-refractivity contribution in [3.8, 4) is 0 Å². The average molecular weight is 309 g/mol. The van der Waals surface area contributed by atoms with Gasteiger partial charge in [0.2, 0.25) is 0 Å². The molecule has 0 spiro atoms. The van der Waals surface area contributed by atoms with Crippen LogP contribution >= 0.6 is 0 Å². The zero-order valence-electron chi connectivity index (χ0n) is 11.6. The number of carboxylic acids is 1. The van der Waals surface area contributed by atoms with E-state index in [1.54, 1.807) is 0 Å². The molecule has 0 radical (unpaired) electrons. The van der Waals surface area contributed by atoms with E-state index in [-0.39, 0.29) is 18.3 Å². The number of hydrogen-bond donors (Lipinski definition) is 4. The maximum absolute atomic E-state index is 11.3. The van der Waals surface area contributed by atoms with Crippen molar-refractivity contribution in [3.05, 3.63) is 0 Å². The van der Waals surface area contributed by atoms with Gasteiger partial charge in [-0.15, -0.1) is 0 Å². The molecule has 0 aromatic carbocycles. The summed E-state index contributed by atoms with van der Waals surface area (Å²) in [7, 11) is 0. The molecule has 9 N–H and O–H groups in total. The van der Waals surface area contributed by atoms with Crippen molar-refractivity contribution < 1.29 is 34.7 Å². The average Bonchev–Trinajstić information content (AvgIpc) is 2.41. The Morgan fingerprint density at radius 2 is 1.43 bits per heavy atom. The van der Waals surface area contributed by atoms with E-state index in [9.17, 15) is 14.4 Å². The molecule has 0 bridgehead atoms. The van der Waals surface area contributed by atoms with E-state index in [1.165, 1.54) is 0 Å². The van der Waals surface area contributed by atoms with Crippen molar-refractivity contribution >= 4 is 17.9 Å². The first kappa shape index (κ1) is 21.5. The predicted octanol–water partition coefficient (Wildman–Crippen LogP) is -2.19. The summed E-state index contributed by atoms with van der Waals surface area (Å²) in [6, 6.07) is -2.09. The fourth-order valence-corrected chi connectivity index (χ4v) is 1.23. The Bertz CT molecular complexity index is 338. The lowest BCUT2D eigenvalue weighted by Gasteiger charge is -2.11. The van der Waals surface area contributed by atoms with Gasteiger partial charge < -0.3 is 27.8 Å². The van der Waals surface area contributed by atoms with Gasteiger partial charge in [-0.05, 0) is 25.8 Å². The maximum atomic E-state index is 11.3. The van der Waals surface area contributed by atoms with Crippen LogP contribution in [0.25, 0.3) is 0 Å². The number of nitrogens with two attached hydrogens (primary N) is 3. The molecular formula is C11H23N3O7. The predicted molar refractivity (Wildman–Crippen MR) is 71.5 cm³/mol. The van der Waals surface area contributed by atoms with Crippen LogP contribution in [0.1, 0.15) is 32.1 Å². The van der Waals surface area contributed by atoms with Crippen LogP contribution in [0.2, 0.25) is 0 Å². The lowest BCUT2D eigenvalue weighted by Crippen LogP contribution is -2.37. The zero-order chi connectivity index (χ0) is 15.5. The van der Waals surface area contributed by atoms with Crippen molar-refractivity contribution in [3.63, 3.8) is 0 Å². The molecule has 0 heterocycles. The van der Waals surface area contributed by atoms with Crippen LogP contribution in [0, 0.1) is 0 Å². The lowest BCUT2D eigenvalue weighted by molar-refractivity contribution is -0.261. The molecule has 0 fully saturated rings. The van der Waals surface area contributed by atoms with E-state index in [0.29, 0.717) is 19.4 Å². The number of rotatable bonds is 9. The number of carbonyl (C=O) groups is 3. The smallest absolute Gasteiger partial charge is 0.372 e. The molecule has 0 aliphatic rings. The van der Waals surface area contributed by atoms with Crippen LogP contribution in [-0.2, 0) is 24.2 Å². The van der Waals surface area contributed by atoms with Crippen LogP contribution in [0.4, 0.5) is 0 Å². The van der Waals surface area contributed by atoms with Gasteiger partial charge in [-0.1, -0.05) is 6.42 Å². The molecule has 0 aliphatic carbocycles. The van der Waals surface area contributed by atoms with Crippen molar-refractivity contribution in [2.75, 3.05) is 6.54 Å². The molecule has 2 atom stereocenters. The highest BCUT2D eigenvalue weighted by atomic mass is 17.2. The summed E-state index contributed by atoms with van der Waals surface area (Å²) in [5.41, 5.74) is 16.1. The van der Waals surface area contributed by atoms with Gasteiger partial charge in [0.25, 0.3) is 0 Å². The van der Waals surface area contributed by atoms with Crippen molar-refractivity contribution in [2.24, 2.45) is 17.2 Å². The van der Waals surface area contributed by atoms with Gasteiger partial charge in [-0.3, -0.25) is 4.79 Å². The topological polar surface area (TPSA) is 199 Å². The van der Waals surface area contributed by atoms with E-state index < -0.39 is 30.0 Å². The van der Waals surface area contributed by atoms with Crippen LogP contribution in [0.15, 0.2) is 0 Å². The summed E-state index contributed by atoms with van der Waals surface area (Å²) in [4.78, 5) is 41.4.